The van der Waals surface area contributed by atoms with E-state index >= 15 is 0 Å². The van der Waals surface area contributed by atoms with Gasteiger partial charge in [-0.05, 0) is 47.5 Å². The lowest BCUT2D eigenvalue weighted by Crippen LogP contribution is -2.60. The number of esters is 2. The van der Waals surface area contributed by atoms with Gasteiger partial charge in [-0.25, -0.2) is 9.59 Å². The fraction of sp³-hybridized carbons (Fsp3) is 0.667. The Morgan fingerprint density at radius 3 is 2.42 bits per heavy atom. The van der Waals surface area contributed by atoms with Crippen molar-refractivity contribution in [2.45, 2.75) is 71.1 Å². The van der Waals surface area contributed by atoms with E-state index in [1.807, 2.05) is 0 Å². The minimum atomic E-state index is -2.52. The molecule has 8 nitrogen and oxygen atoms in total. The van der Waals surface area contributed by atoms with Crippen molar-refractivity contribution < 1.29 is 33.8 Å². The average Bonchev–Trinajstić information content (AvgIpc) is 2.94. The first-order valence-electron chi connectivity index (χ1n) is 8.61. The molecule has 0 aromatic heterocycles. The molecule has 2 aliphatic heterocycles. The van der Waals surface area contributed by atoms with Crippen molar-refractivity contribution in [3.63, 3.8) is 0 Å². The van der Waals surface area contributed by atoms with E-state index in [1.54, 1.807) is 27.7 Å². The van der Waals surface area contributed by atoms with Gasteiger partial charge in [-0.3, -0.25) is 14.5 Å². The van der Waals surface area contributed by atoms with Gasteiger partial charge in [0.05, 0.1) is 6.61 Å². The summed E-state index contributed by atoms with van der Waals surface area (Å²) in [6.07, 6.45) is 0.113. The summed E-state index contributed by atoms with van der Waals surface area (Å²) in [6.45, 7) is 7.90. The molecule has 2 rings (SSSR count). The molecule has 0 bridgehead atoms. The Kier molecular flexibility index (Phi) is 5.28. The predicted molar refractivity (Wildman–Crippen MR) is 89.6 cm³/mol. The number of hydrogen-bond donors (Lipinski definition) is 1. The van der Waals surface area contributed by atoms with Crippen LogP contribution in [0.3, 0.4) is 0 Å². The minimum absolute atomic E-state index is 0.0319. The number of carbonyl (C=O) groups excluding carboxylic acids is 4. The molecule has 2 atom stereocenters. The Bertz CT molecular complexity index is 688. The average molecular weight is 367 g/mol. The van der Waals surface area contributed by atoms with Gasteiger partial charge in [0.1, 0.15) is 11.6 Å². The van der Waals surface area contributed by atoms with E-state index in [9.17, 15) is 24.3 Å². The fourth-order valence-electron chi connectivity index (χ4n) is 3.23. The topological polar surface area (TPSA) is 110 Å². The van der Waals surface area contributed by atoms with Gasteiger partial charge >= 0.3 is 11.9 Å². The monoisotopic (exact) mass is 367 g/mol. The highest BCUT2D eigenvalue weighted by molar-refractivity contribution is 6.11. The number of hydrogen-bond acceptors (Lipinski definition) is 7. The lowest BCUT2D eigenvalue weighted by molar-refractivity contribution is -0.180. The molecule has 26 heavy (non-hydrogen) atoms. The number of nitrogens with zero attached hydrogens (tertiary/aromatic N) is 1. The molecule has 2 heterocycles. The first-order valence-corrected chi connectivity index (χ1v) is 8.61. The minimum Gasteiger partial charge on any atom is -0.463 e. The Labute approximate surface area is 152 Å². The van der Waals surface area contributed by atoms with Gasteiger partial charge in [0.15, 0.2) is 5.78 Å². The third-order valence-electron chi connectivity index (χ3n) is 4.33. The van der Waals surface area contributed by atoms with E-state index in [1.165, 1.54) is 6.92 Å². The number of aliphatic hydroxyl groups is 1. The zero-order valence-corrected chi connectivity index (χ0v) is 15.7. The summed E-state index contributed by atoms with van der Waals surface area (Å²) in [5.41, 5.74) is -2.76. The first-order chi connectivity index (χ1) is 11.9. The van der Waals surface area contributed by atoms with Crippen molar-refractivity contribution >= 4 is 23.6 Å². The molecule has 1 N–H and O–H groups in total. The van der Waals surface area contributed by atoms with Crippen LogP contribution in [0.1, 0.15) is 53.9 Å². The molecule has 1 amide bonds. The maximum atomic E-state index is 12.9. The molecular weight excluding hydrogens is 342 g/mol. The molecule has 144 valence electrons. The Balaban J connectivity index is 2.47. The van der Waals surface area contributed by atoms with Crippen LogP contribution >= 0.6 is 0 Å². The Hall–Kier alpha value is -2.22. The van der Waals surface area contributed by atoms with Crippen LogP contribution in [0.4, 0.5) is 0 Å². The van der Waals surface area contributed by atoms with Crippen LogP contribution in [0.5, 0.6) is 0 Å². The number of ether oxygens (including phenoxy) is 2. The maximum Gasteiger partial charge on any atom is 0.348 e. The van der Waals surface area contributed by atoms with Crippen molar-refractivity contribution in [3.8, 4) is 0 Å². The van der Waals surface area contributed by atoms with Crippen LogP contribution in [0, 0.1) is 0 Å². The molecule has 0 spiro atoms. The summed E-state index contributed by atoms with van der Waals surface area (Å²) in [7, 11) is 0. The van der Waals surface area contributed by atoms with E-state index < -0.39 is 41.5 Å². The van der Waals surface area contributed by atoms with Gasteiger partial charge in [0, 0.05) is 17.7 Å². The van der Waals surface area contributed by atoms with Crippen molar-refractivity contribution in [2.75, 3.05) is 6.61 Å². The Morgan fingerprint density at radius 2 is 1.92 bits per heavy atom. The van der Waals surface area contributed by atoms with Gasteiger partial charge in [0.25, 0.3) is 5.91 Å². The third kappa shape index (κ3) is 3.51. The molecular formula is C18H25NO7. The van der Waals surface area contributed by atoms with Gasteiger partial charge in [0.2, 0.25) is 5.60 Å². The predicted octanol–water partition coefficient (Wildman–Crippen LogP) is 0.860. The second-order valence-corrected chi connectivity index (χ2v) is 7.50. The summed E-state index contributed by atoms with van der Waals surface area (Å²) in [5, 5.41) is 10.7. The van der Waals surface area contributed by atoms with E-state index in [-0.39, 0.29) is 24.4 Å². The van der Waals surface area contributed by atoms with E-state index in [4.69, 9.17) is 9.47 Å². The standard InChI is InChI=1S/C18H25NO7/c1-6-25-16(23)18(24)9-11(10(2)20)12-7-8-13(19(12)15(18)22)14(21)26-17(3,4)5/h13,24H,6-9H2,1-5H3/t13-,18-/m0/s1. The number of Topliss-reactive ketones (excluding diaryl/α,β-unsaturated/α-hetero) is 1. The number of amides is 1. The van der Waals surface area contributed by atoms with Crippen LogP contribution in [0.2, 0.25) is 0 Å². The number of rotatable bonds is 4. The number of carbonyl (C=O) groups is 4. The van der Waals surface area contributed by atoms with Crippen LogP contribution in [-0.4, -0.2) is 57.5 Å². The van der Waals surface area contributed by atoms with Crippen LogP contribution in [0.15, 0.2) is 11.3 Å². The maximum absolute atomic E-state index is 12.9. The molecule has 0 radical (unpaired) electrons. The van der Waals surface area contributed by atoms with Crippen molar-refractivity contribution in [1.29, 1.82) is 0 Å². The Morgan fingerprint density at radius 1 is 1.31 bits per heavy atom. The molecule has 1 fully saturated rings. The van der Waals surface area contributed by atoms with Gasteiger partial charge in [-0.2, -0.15) is 0 Å². The molecule has 0 aromatic rings. The lowest BCUT2D eigenvalue weighted by Gasteiger charge is -2.38. The summed E-state index contributed by atoms with van der Waals surface area (Å²) < 4.78 is 10.2. The van der Waals surface area contributed by atoms with Gasteiger partial charge in [-0.1, -0.05) is 0 Å². The number of allylic oxidation sites excluding steroid dienone is 1. The molecule has 0 saturated carbocycles. The quantitative estimate of drug-likeness (QED) is 0.579. The van der Waals surface area contributed by atoms with Crippen LogP contribution in [0.25, 0.3) is 0 Å². The lowest BCUT2D eigenvalue weighted by atomic mass is 9.86. The van der Waals surface area contributed by atoms with E-state index in [0.29, 0.717) is 12.1 Å². The van der Waals surface area contributed by atoms with Crippen molar-refractivity contribution in [1.82, 2.24) is 4.90 Å². The SMILES string of the molecule is CCOC(=O)[C@]1(O)CC(C(C)=O)=C2CC[C@@H](C(=O)OC(C)(C)C)N2C1=O. The molecule has 8 heteroatoms. The van der Waals surface area contributed by atoms with Gasteiger partial charge < -0.3 is 14.6 Å². The van der Waals surface area contributed by atoms with Crippen molar-refractivity contribution in [2.24, 2.45) is 0 Å². The van der Waals surface area contributed by atoms with Crippen LogP contribution < -0.4 is 0 Å². The first kappa shape index (κ1) is 20.1. The number of ketones is 1. The zero-order valence-electron chi connectivity index (χ0n) is 15.7. The van der Waals surface area contributed by atoms with Crippen molar-refractivity contribution in [3.05, 3.63) is 11.3 Å². The molecule has 0 aliphatic carbocycles. The normalized spacial score (nSPS) is 25.8. The molecule has 0 unspecified atom stereocenters. The smallest absolute Gasteiger partial charge is 0.348 e. The summed E-state index contributed by atoms with van der Waals surface area (Å²) >= 11 is 0. The summed E-state index contributed by atoms with van der Waals surface area (Å²) in [5.74, 6) is -3.09. The van der Waals surface area contributed by atoms with E-state index in [2.05, 4.69) is 0 Å². The van der Waals surface area contributed by atoms with Gasteiger partial charge in [-0.15, -0.1) is 0 Å². The summed E-state index contributed by atoms with van der Waals surface area (Å²) in [4.78, 5) is 50.8. The summed E-state index contributed by atoms with van der Waals surface area (Å²) in [6, 6.07) is -0.993. The second kappa shape index (κ2) is 6.83. The van der Waals surface area contributed by atoms with E-state index in [0.717, 1.165) is 4.90 Å². The zero-order chi connectivity index (χ0) is 19.9. The highest BCUT2D eigenvalue weighted by Gasteiger charge is 2.57. The third-order valence-corrected chi connectivity index (χ3v) is 4.33. The van der Waals surface area contributed by atoms with Crippen LogP contribution in [-0.2, 0) is 28.7 Å². The molecule has 0 aromatic carbocycles. The number of fused-ring (bicyclic) bond motifs is 1. The second-order valence-electron chi connectivity index (χ2n) is 7.50. The highest BCUT2D eigenvalue weighted by Crippen LogP contribution is 2.41. The highest BCUT2D eigenvalue weighted by atomic mass is 16.6. The fourth-order valence-corrected chi connectivity index (χ4v) is 3.23. The molecule has 1 saturated heterocycles. The molecule has 2 aliphatic rings. The largest absolute Gasteiger partial charge is 0.463 e.